The Morgan fingerprint density at radius 3 is 2.38 bits per heavy atom. The maximum Gasteiger partial charge on any atom is 0.272 e. The van der Waals surface area contributed by atoms with Gasteiger partial charge >= 0.3 is 0 Å². The van der Waals surface area contributed by atoms with Crippen LogP contribution in [0.2, 0.25) is 0 Å². The smallest absolute Gasteiger partial charge is 0.272 e. The summed E-state index contributed by atoms with van der Waals surface area (Å²) >= 11 is 1.23. The molecule has 0 unspecified atom stereocenters. The Morgan fingerprint density at radius 2 is 1.62 bits per heavy atom. The molecule has 0 spiro atoms. The number of nitrogens with zero attached hydrogens (tertiary/aromatic N) is 1. The predicted molar refractivity (Wildman–Crippen MR) is 144 cm³/mol. The summed E-state index contributed by atoms with van der Waals surface area (Å²) in [5.74, 6) is -0.661. The zero-order valence-corrected chi connectivity index (χ0v) is 20.9. The number of aromatic nitrogens is 3. The van der Waals surface area contributed by atoms with Crippen molar-refractivity contribution in [3.8, 4) is 0 Å². The van der Waals surface area contributed by atoms with Gasteiger partial charge in [0.15, 0.2) is 0 Å². The van der Waals surface area contributed by atoms with E-state index in [-0.39, 0.29) is 17.4 Å². The van der Waals surface area contributed by atoms with Crippen molar-refractivity contribution in [1.29, 1.82) is 0 Å². The number of amides is 3. The van der Waals surface area contributed by atoms with E-state index >= 15 is 0 Å². The van der Waals surface area contributed by atoms with Gasteiger partial charge in [-0.1, -0.05) is 42.5 Å². The van der Waals surface area contributed by atoms with E-state index in [4.69, 9.17) is 0 Å². The van der Waals surface area contributed by atoms with Crippen LogP contribution in [0.3, 0.4) is 0 Å². The Bertz CT molecular complexity index is 1580. The average Bonchev–Trinajstić information content (AvgIpc) is 3.64. The van der Waals surface area contributed by atoms with Crippen LogP contribution in [-0.4, -0.2) is 32.9 Å². The molecule has 0 aliphatic carbocycles. The number of rotatable bonds is 7. The molecule has 10 heteroatoms. The molecule has 2 aromatic carbocycles. The lowest BCUT2D eigenvalue weighted by molar-refractivity contribution is 0.0915. The quantitative estimate of drug-likeness (QED) is 0.207. The van der Waals surface area contributed by atoms with Crippen molar-refractivity contribution >= 4 is 50.8 Å². The third kappa shape index (κ3) is 5.00. The molecular formula is C27H24N6O3S. The molecule has 5 rings (SSSR count). The number of hydrogen-bond donors (Lipinski definition) is 5. The zero-order chi connectivity index (χ0) is 26.0. The van der Waals surface area contributed by atoms with Crippen LogP contribution in [0.25, 0.3) is 10.2 Å². The lowest BCUT2D eigenvalue weighted by Gasteiger charge is -2.26. The number of carbonyl (C=O) groups is 3. The first-order valence-electron chi connectivity index (χ1n) is 11.5. The third-order valence-corrected chi connectivity index (χ3v) is 6.93. The summed E-state index contributed by atoms with van der Waals surface area (Å²) in [7, 11) is 0. The number of carbonyl (C=O) groups excluding carboxylic acids is 3. The highest BCUT2D eigenvalue weighted by Crippen LogP contribution is 2.31. The summed E-state index contributed by atoms with van der Waals surface area (Å²) in [6.45, 7) is 3.88. The first kappa shape index (κ1) is 24.0. The van der Waals surface area contributed by atoms with Crippen LogP contribution < -0.4 is 16.0 Å². The Labute approximate surface area is 216 Å². The van der Waals surface area contributed by atoms with Gasteiger partial charge in [-0.25, -0.2) is 0 Å². The molecule has 0 bridgehead atoms. The fourth-order valence-corrected chi connectivity index (χ4v) is 4.81. The van der Waals surface area contributed by atoms with Gasteiger partial charge in [-0.15, -0.1) is 11.3 Å². The number of fused-ring (bicyclic) bond motifs is 1. The lowest BCUT2D eigenvalue weighted by Crippen LogP contribution is -2.40. The second kappa shape index (κ2) is 9.75. The Balaban J connectivity index is 1.33. The molecule has 0 fully saturated rings. The van der Waals surface area contributed by atoms with Crippen molar-refractivity contribution in [2.24, 2.45) is 0 Å². The maximum atomic E-state index is 13.1. The van der Waals surface area contributed by atoms with Crippen LogP contribution in [0.15, 0.2) is 79.0 Å². The van der Waals surface area contributed by atoms with Crippen molar-refractivity contribution in [2.75, 3.05) is 10.6 Å². The summed E-state index contributed by atoms with van der Waals surface area (Å²) in [5.41, 5.74) is 1.44. The molecule has 3 aromatic heterocycles. The van der Waals surface area contributed by atoms with Crippen molar-refractivity contribution in [3.63, 3.8) is 0 Å². The molecule has 0 saturated heterocycles. The van der Waals surface area contributed by atoms with Gasteiger partial charge in [0.25, 0.3) is 17.7 Å². The first-order chi connectivity index (χ1) is 17.8. The molecule has 3 amide bonds. The van der Waals surface area contributed by atoms with E-state index in [1.807, 2.05) is 44.2 Å². The summed E-state index contributed by atoms with van der Waals surface area (Å²) in [6.07, 6.45) is 1.65. The second-order valence-corrected chi connectivity index (χ2v) is 9.94. The van der Waals surface area contributed by atoms with Gasteiger partial charge < -0.3 is 20.9 Å². The lowest BCUT2D eigenvalue weighted by atomic mass is 9.94. The van der Waals surface area contributed by atoms with Gasteiger partial charge in [0.1, 0.15) is 16.3 Å². The Hall–Kier alpha value is -4.70. The van der Waals surface area contributed by atoms with Crippen LogP contribution in [0.1, 0.15) is 49.9 Å². The molecule has 5 N–H and O–H groups in total. The number of benzene rings is 2. The first-order valence-corrected chi connectivity index (χ1v) is 12.3. The van der Waals surface area contributed by atoms with E-state index in [0.717, 1.165) is 5.56 Å². The highest BCUT2D eigenvalue weighted by molar-refractivity contribution is 7.20. The Kier molecular flexibility index (Phi) is 6.33. The van der Waals surface area contributed by atoms with Crippen molar-refractivity contribution in [3.05, 3.63) is 101 Å². The molecule has 0 aliphatic rings. The van der Waals surface area contributed by atoms with E-state index < -0.39 is 11.4 Å². The topological polar surface area (TPSA) is 132 Å². The fourth-order valence-electron chi connectivity index (χ4n) is 3.92. The largest absolute Gasteiger partial charge is 0.357 e. The van der Waals surface area contributed by atoms with Crippen LogP contribution in [0.5, 0.6) is 0 Å². The molecule has 186 valence electrons. The van der Waals surface area contributed by atoms with E-state index in [1.165, 1.54) is 11.3 Å². The molecule has 9 nitrogen and oxygen atoms in total. The molecule has 0 radical (unpaired) electrons. The molecular weight excluding hydrogens is 488 g/mol. The van der Waals surface area contributed by atoms with Gasteiger partial charge in [0.05, 0.1) is 27.1 Å². The molecule has 0 aliphatic heterocycles. The average molecular weight is 513 g/mol. The fraction of sp³-hybridized carbons (Fsp3) is 0.111. The van der Waals surface area contributed by atoms with Gasteiger partial charge in [-0.2, -0.15) is 5.10 Å². The minimum absolute atomic E-state index is 0.230. The molecule has 5 aromatic rings. The zero-order valence-electron chi connectivity index (χ0n) is 20.1. The Morgan fingerprint density at radius 1 is 0.865 bits per heavy atom. The van der Waals surface area contributed by atoms with Crippen LogP contribution in [-0.2, 0) is 5.54 Å². The monoisotopic (exact) mass is 512 g/mol. The maximum absolute atomic E-state index is 13.1. The SMILES string of the molecule is CC(C)(NC(=O)c1cc2c(NC(=O)c3ccccc3NC(=O)c3ccc[nH]3)[nH]nc2s1)c1ccccc1. The summed E-state index contributed by atoms with van der Waals surface area (Å²) < 4.78 is 0. The van der Waals surface area contributed by atoms with Crippen LogP contribution in [0, 0.1) is 0 Å². The number of thiophene rings is 1. The van der Waals surface area contributed by atoms with Crippen molar-refractivity contribution in [1.82, 2.24) is 20.5 Å². The van der Waals surface area contributed by atoms with E-state index in [2.05, 4.69) is 31.1 Å². The standard InChI is InChI=1S/C27H24N6O3S/c1-27(2,16-9-4-3-5-10-16)31-25(36)21-15-18-22(32-33-26(18)37-21)30-23(34)17-11-6-7-12-19(17)29-24(35)20-13-8-14-28-20/h3-15,28H,1-2H3,(H,29,35)(H,31,36)(H2,30,32,33,34). The third-order valence-electron chi connectivity index (χ3n) is 5.90. The highest BCUT2D eigenvalue weighted by Gasteiger charge is 2.25. The number of nitrogens with one attached hydrogen (secondary N) is 5. The predicted octanol–water partition coefficient (Wildman–Crippen LogP) is 5.12. The van der Waals surface area contributed by atoms with Gasteiger partial charge in [-0.3, -0.25) is 19.5 Å². The van der Waals surface area contributed by atoms with Crippen molar-refractivity contribution in [2.45, 2.75) is 19.4 Å². The number of aromatic amines is 2. The number of hydrogen-bond acceptors (Lipinski definition) is 5. The van der Waals surface area contributed by atoms with E-state index in [0.29, 0.717) is 32.3 Å². The molecule has 37 heavy (non-hydrogen) atoms. The molecule has 0 atom stereocenters. The van der Waals surface area contributed by atoms with Crippen LogP contribution >= 0.6 is 11.3 Å². The van der Waals surface area contributed by atoms with Crippen molar-refractivity contribution < 1.29 is 14.4 Å². The van der Waals surface area contributed by atoms with Gasteiger partial charge in [0, 0.05) is 6.20 Å². The minimum atomic E-state index is -0.572. The number of H-pyrrole nitrogens is 2. The van der Waals surface area contributed by atoms with E-state index in [9.17, 15) is 14.4 Å². The summed E-state index contributed by atoms with van der Waals surface area (Å²) in [6, 6.07) is 21.5. The van der Waals surface area contributed by atoms with Gasteiger partial charge in [-0.05, 0) is 49.7 Å². The van der Waals surface area contributed by atoms with Crippen LogP contribution in [0.4, 0.5) is 11.5 Å². The number of para-hydroxylation sites is 1. The van der Waals surface area contributed by atoms with E-state index in [1.54, 1.807) is 48.7 Å². The molecule has 3 heterocycles. The second-order valence-electron chi connectivity index (χ2n) is 8.91. The normalized spacial score (nSPS) is 11.3. The highest BCUT2D eigenvalue weighted by atomic mass is 32.1. The summed E-state index contributed by atoms with van der Waals surface area (Å²) in [5, 5.41) is 16.3. The minimum Gasteiger partial charge on any atom is -0.357 e. The number of anilines is 2. The molecule has 0 saturated carbocycles. The summed E-state index contributed by atoms with van der Waals surface area (Å²) in [4.78, 5) is 42.5. The van der Waals surface area contributed by atoms with Gasteiger partial charge in [0.2, 0.25) is 0 Å².